The molecule has 1 saturated heterocycles. The number of nitrogens with zero attached hydrogens (tertiary/aromatic N) is 3. The molecule has 2 aromatic heterocycles. The van der Waals surface area contributed by atoms with Gasteiger partial charge in [-0.05, 0) is 30.2 Å². The van der Waals surface area contributed by atoms with Gasteiger partial charge in [-0.1, -0.05) is 18.5 Å². The van der Waals surface area contributed by atoms with Crippen molar-refractivity contribution in [3.8, 4) is 0 Å². The zero-order valence-electron chi connectivity index (χ0n) is 9.69. The summed E-state index contributed by atoms with van der Waals surface area (Å²) in [5, 5.41) is 3.54. The maximum Gasteiger partial charge on any atom is 0.228 e. The fraction of sp³-hybridized carbons (Fsp3) is 0.500. The first-order chi connectivity index (χ1) is 8.24. The van der Waals surface area contributed by atoms with Crippen molar-refractivity contribution in [3.05, 3.63) is 16.6 Å². The SMILES string of the molecule is CC1CCN(c2nc(Cl)c3ccsc3n2)CC1. The molecular formula is C12H14ClN3S. The Morgan fingerprint density at radius 1 is 1.35 bits per heavy atom. The quantitative estimate of drug-likeness (QED) is 0.740. The second-order valence-corrected chi connectivity index (χ2v) is 5.88. The number of hydrogen-bond donors (Lipinski definition) is 0. The standard InChI is InChI=1S/C12H14ClN3S/c1-8-2-5-16(6-3-8)12-14-10(13)9-4-7-17-11(9)15-12/h4,7-8H,2-3,5-6H2,1H3. The van der Waals surface area contributed by atoms with Gasteiger partial charge in [0.25, 0.3) is 0 Å². The molecule has 1 aliphatic heterocycles. The molecule has 0 N–H and O–H groups in total. The molecular weight excluding hydrogens is 254 g/mol. The van der Waals surface area contributed by atoms with Gasteiger partial charge in [-0.3, -0.25) is 0 Å². The Balaban J connectivity index is 1.94. The number of piperidine rings is 1. The van der Waals surface area contributed by atoms with Crippen LogP contribution in [0, 0.1) is 5.92 Å². The van der Waals surface area contributed by atoms with Crippen LogP contribution in [0.5, 0.6) is 0 Å². The summed E-state index contributed by atoms with van der Waals surface area (Å²) >= 11 is 7.80. The van der Waals surface area contributed by atoms with Crippen LogP contribution in [0.4, 0.5) is 5.95 Å². The number of anilines is 1. The van der Waals surface area contributed by atoms with E-state index in [-0.39, 0.29) is 0 Å². The van der Waals surface area contributed by atoms with Crippen molar-refractivity contribution >= 4 is 39.1 Å². The molecule has 0 bridgehead atoms. The van der Waals surface area contributed by atoms with E-state index in [4.69, 9.17) is 11.6 Å². The maximum absolute atomic E-state index is 6.18. The van der Waals surface area contributed by atoms with Gasteiger partial charge in [-0.15, -0.1) is 11.3 Å². The van der Waals surface area contributed by atoms with Crippen molar-refractivity contribution in [2.75, 3.05) is 18.0 Å². The second kappa shape index (κ2) is 4.42. The largest absolute Gasteiger partial charge is 0.341 e. The molecule has 3 heterocycles. The van der Waals surface area contributed by atoms with Gasteiger partial charge in [-0.25, -0.2) is 9.97 Å². The third-order valence-electron chi connectivity index (χ3n) is 3.33. The van der Waals surface area contributed by atoms with Crippen molar-refractivity contribution in [2.24, 2.45) is 5.92 Å². The summed E-state index contributed by atoms with van der Waals surface area (Å²) < 4.78 is 0. The highest BCUT2D eigenvalue weighted by Gasteiger charge is 2.19. The zero-order chi connectivity index (χ0) is 11.8. The molecule has 0 unspecified atom stereocenters. The van der Waals surface area contributed by atoms with Gasteiger partial charge in [0.05, 0.1) is 0 Å². The average molecular weight is 268 g/mol. The second-order valence-electron chi connectivity index (χ2n) is 4.62. The number of rotatable bonds is 1. The molecule has 17 heavy (non-hydrogen) atoms. The summed E-state index contributed by atoms with van der Waals surface area (Å²) in [6, 6.07) is 1.98. The molecule has 0 aliphatic carbocycles. The van der Waals surface area contributed by atoms with E-state index in [2.05, 4.69) is 21.8 Å². The molecule has 0 saturated carbocycles. The lowest BCUT2D eigenvalue weighted by Crippen LogP contribution is -2.34. The van der Waals surface area contributed by atoms with Crippen LogP contribution in [0.1, 0.15) is 19.8 Å². The van der Waals surface area contributed by atoms with E-state index in [0.29, 0.717) is 5.15 Å². The fourth-order valence-electron chi connectivity index (χ4n) is 2.16. The van der Waals surface area contributed by atoms with Gasteiger partial charge >= 0.3 is 0 Å². The van der Waals surface area contributed by atoms with Crippen molar-refractivity contribution in [1.29, 1.82) is 0 Å². The summed E-state index contributed by atoms with van der Waals surface area (Å²) in [5.74, 6) is 1.60. The third-order valence-corrected chi connectivity index (χ3v) is 4.43. The molecule has 0 amide bonds. The van der Waals surface area contributed by atoms with Gasteiger partial charge in [0.1, 0.15) is 9.98 Å². The minimum absolute atomic E-state index is 0.574. The highest BCUT2D eigenvalue weighted by molar-refractivity contribution is 7.16. The molecule has 0 spiro atoms. The van der Waals surface area contributed by atoms with Crippen LogP contribution in [-0.2, 0) is 0 Å². The van der Waals surface area contributed by atoms with Crippen molar-refractivity contribution in [2.45, 2.75) is 19.8 Å². The molecule has 3 rings (SSSR count). The Morgan fingerprint density at radius 3 is 2.88 bits per heavy atom. The molecule has 0 atom stereocenters. The van der Waals surface area contributed by atoms with E-state index >= 15 is 0 Å². The van der Waals surface area contributed by atoms with Crippen LogP contribution < -0.4 is 4.90 Å². The maximum atomic E-state index is 6.18. The van der Waals surface area contributed by atoms with E-state index in [1.807, 2.05) is 11.4 Å². The van der Waals surface area contributed by atoms with Crippen LogP contribution in [0.25, 0.3) is 10.2 Å². The van der Waals surface area contributed by atoms with Crippen LogP contribution in [0.15, 0.2) is 11.4 Å². The Kier molecular flexibility index (Phi) is 2.92. The molecule has 2 aromatic rings. The lowest BCUT2D eigenvalue weighted by atomic mass is 10.00. The Hall–Kier alpha value is -0.870. The number of thiophene rings is 1. The summed E-state index contributed by atoms with van der Waals surface area (Å²) in [5.41, 5.74) is 0. The topological polar surface area (TPSA) is 29.0 Å². The van der Waals surface area contributed by atoms with Crippen molar-refractivity contribution in [3.63, 3.8) is 0 Å². The van der Waals surface area contributed by atoms with E-state index in [9.17, 15) is 0 Å². The minimum atomic E-state index is 0.574. The summed E-state index contributed by atoms with van der Waals surface area (Å²) in [4.78, 5) is 12.2. The number of fused-ring (bicyclic) bond motifs is 1. The Morgan fingerprint density at radius 2 is 2.12 bits per heavy atom. The normalized spacial score (nSPS) is 17.9. The average Bonchev–Trinajstić information content (AvgIpc) is 2.78. The van der Waals surface area contributed by atoms with Crippen LogP contribution in [0.2, 0.25) is 5.15 Å². The molecule has 0 aromatic carbocycles. The highest BCUT2D eigenvalue weighted by Crippen LogP contribution is 2.28. The third kappa shape index (κ3) is 2.11. The summed E-state index contributed by atoms with van der Waals surface area (Å²) in [6.07, 6.45) is 2.42. The molecule has 90 valence electrons. The van der Waals surface area contributed by atoms with Gasteiger partial charge < -0.3 is 4.90 Å². The number of hydrogen-bond acceptors (Lipinski definition) is 4. The van der Waals surface area contributed by atoms with E-state index < -0.39 is 0 Å². The summed E-state index contributed by atoms with van der Waals surface area (Å²) in [7, 11) is 0. The van der Waals surface area contributed by atoms with E-state index in [1.54, 1.807) is 11.3 Å². The van der Waals surface area contributed by atoms with Gasteiger partial charge in [0, 0.05) is 18.5 Å². The van der Waals surface area contributed by atoms with E-state index in [1.165, 1.54) is 12.8 Å². The highest BCUT2D eigenvalue weighted by atomic mass is 35.5. The molecule has 1 fully saturated rings. The number of halogens is 1. The Labute approximate surface area is 109 Å². The molecule has 1 aliphatic rings. The first-order valence-electron chi connectivity index (χ1n) is 5.90. The molecule has 3 nitrogen and oxygen atoms in total. The van der Waals surface area contributed by atoms with Crippen molar-refractivity contribution < 1.29 is 0 Å². The van der Waals surface area contributed by atoms with Gasteiger partial charge in [-0.2, -0.15) is 0 Å². The smallest absolute Gasteiger partial charge is 0.228 e. The van der Waals surface area contributed by atoms with Gasteiger partial charge in [0.15, 0.2) is 0 Å². The molecule has 0 radical (unpaired) electrons. The van der Waals surface area contributed by atoms with Crippen LogP contribution in [-0.4, -0.2) is 23.1 Å². The Bertz CT molecular complexity index is 532. The van der Waals surface area contributed by atoms with Crippen LogP contribution in [0.3, 0.4) is 0 Å². The van der Waals surface area contributed by atoms with Gasteiger partial charge in [0.2, 0.25) is 5.95 Å². The van der Waals surface area contributed by atoms with Crippen molar-refractivity contribution in [1.82, 2.24) is 9.97 Å². The fourth-order valence-corrected chi connectivity index (χ4v) is 3.20. The monoisotopic (exact) mass is 267 g/mol. The zero-order valence-corrected chi connectivity index (χ0v) is 11.3. The minimum Gasteiger partial charge on any atom is -0.341 e. The lowest BCUT2D eigenvalue weighted by Gasteiger charge is -2.30. The number of aromatic nitrogens is 2. The lowest BCUT2D eigenvalue weighted by molar-refractivity contribution is 0.435. The predicted molar refractivity (Wildman–Crippen MR) is 73.0 cm³/mol. The first kappa shape index (κ1) is 11.2. The predicted octanol–water partition coefficient (Wildman–Crippen LogP) is 3.58. The first-order valence-corrected chi connectivity index (χ1v) is 7.15. The van der Waals surface area contributed by atoms with Crippen LogP contribution >= 0.6 is 22.9 Å². The summed E-state index contributed by atoms with van der Waals surface area (Å²) in [6.45, 7) is 4.37. The van der Waals surface area contributed by atoms with E-state index in [0.717, 1.165) is 35.2 Å². The molecule has 5 heteroatoms.